The molecule has 1 aromatic carbocycles. The third kappa shape index (κ3) is 4.68. The molecule has 1 rings (SSSR count). The molecule has 1 amide bonds. The van der Waals surface area contributed by atoms with Gasteiger partial charge < -0.3 is 10.0 Å². The van der Waals surface area contributed by atoms with E-state index in [1.807, 2.05) is 30.3 Å². The van der Waals surface area contributed by atoms with Crippen molar-refractivity contribution < 1.29 is 9.90 Å². The monoisotopic (exact) mass is 239 g/mol. The summed E-state index contributed by atoms with van der Waals surface area (Å²) in [4.78, 5) is 13.9. The van der Waals surface area contributed by atoms with Crippen LogP contribution < -0.4 is 0 Å². The van der Waals surface area contributed by atoms with E-state index in [9.17, 15) is 9.90 Å². The van der Waals surface area contributed by atoms with Crippen molar-refractivity contribution in [3.05, 3.63) is 30.3 Å². The Balaban J connectivity index is 2.30. The number of carbonyl (C=O) groups excluding carboxylic acids is 1. The van der Waals surface area contributed by atoms with E-state index in [4.69, 9.17) is 0 Å². The van der Waals surface area contributed by atoms with Crippen molar-refractivity contribution >= 4 is 17.7 Å². The Hall–Kier alpha value is -1.00. The highest BCUT2D eigenvalue weighted by atomic mass is 32.2. The van der Waals surface area contributed by atoms with Crippen LogP contribution in [0.5, 0.6) is 0 Å². The minimum atomic E-state index is -0.583. The number of thioether (sulfide) groups is 1. The highest BCUT2D eigenvalue weighted by molar-refractivity contribution is 7.99. The third-order valence-electron chi connectivity index (χ3n) is 2.09. The fourth-order valence-corrected chi connectivity index (χ4v) is 2.00. The topological polar surface area (TPSA) is 40.5 Å². The smallest absolute Gasteiger partial charge is 0.224 e. The van der Waals surface area contributed by atoms with Crippen molar-refractivity contribution in [2.75, 3.05) is 19.8 Å². The highest BCUT2D eigenvalue weighted by Crippen LogP contribution is 2.18. The van der Waals surface area contributed by atoms with Gasteiger partial charge in [0.25, 0.3) is 0 Å². The van der Waals surface area contributed by atoms with Gasteiger partial charge in [-0.05, 0) is 12.1 Å². The first-order valence-electron chi connectivity index (χ1n) is 5.15. The zero-order chi connectivity index (χ0) is 12.0. The molecule has 0 heterocycles. The van der Waals surface area contributed by atoms with Crippen molar-refractivity contribution in [2.24, 2.45) is 0 Å². The Morgan fingerprint density at radius 1 is 1.38 bits per heavy atom. The van der Waals surface area contributed by atoms with Gasteiger partial charge in [-0.2, -0.15) is 0 Å². The minimum absolute atomic E-state index is 0.0406. The largest absolute Gasteiger partial charge is 0.392 e. The molecule has 0 aliphatic heterocycles. The summed E-state index contributed by atoms with van der Waals surface area (Å²) in [5, 5.41) is 9.66. The molecule has 0 aliphatic carbocycles. The summed E-state index contributed by atoms with van der Waals surface area (Å²) in [7, 11) is 3.39. The Morgan fingerprint density at radius 2 is 2.00 bits per heavy atom. The molecule has 0 spiro atoms. The normalized spacial score (nSPS) is 12.2. The van der Waals surface area contributed by atoms with Gasteiger partial charge in [-0.15, -0.1) is 11.8 Å². The van der Waals surface area contributed by atoms with Crippen molar-refractivity contribution in [2.45, 2.75) is 17.4 Å². The molecule has 0 saturated carbocycles. The van der Waals surface area contributed by atoms with Gasteiger partial charge in [0.15, 0.2) is 0 Å². The van der Waals surface area contributed by atoms with E-state index in [0.29, 0.717) is 5.75 Å². The van der Waals surface area contributed by atoms with E-state index in [1.165, 1.54) is 4.90 Å². The molecule has 0 bridgehead atoms. The highest BCUT2D eigenvalue weighted by Gasteiger charge is 2.12. The predicted molar refractivity (Wildman–Crippen MR) is 66.5 cm³/mol. The van der Waals surface area contributed by atoms with Crippen LogP contribution in [0.15, 0.2) is 35.2 Å². The molecular formula is C12H17NO2S. The van der Waals surface area contributed by atoms with Crippen LogP contribution in [0.4, 0.5) is 0 Å². The summed E-state index contributed by atoms with van der Waals surface area (Å²) in [5.41, 5.74) is 0. The van der Waals surface area contributed by atoms with Gasteiger partial charge in [0.05, 0.1) is 12.5 Å². The van der Waals surface area contributed by atoms with Crippen molar-refractivity contribution in [1.82, 2.24) is 4.90 Å². The predicted octanol–water partition coefficient (Wildman–Crippen LogP) is 1.62. The fourth-order valence-electron chi connectivity index (χ4n) is 1.15. The molecule has 16 heavy (non-hydrogen) atoms. The number of nitrogens with zero attached hydrogens (tertiary/aromatic N) is 1. The van der Waals surface area contributed by atoms with Crippen LogP contribution in [0.1, 0.15) is 6.42 Å². The van der Waals surface area contributed by atoms with Crippen molar-refractivity contribution in [3.63, 3.8) is 0 Å². The number of hydrogen-bond acceptors (Lipinski definition) is 3. The van der Waals surface area contributed by atoms with Gasteiger partial charge in [-0.1, -0.05) is 18.2 Å². The Kier molecular flexibility index (Phi) is 5.35. The summed E-state index contributed by atoms with van der Waals surface area (Å²) in [6, 6.07) is 9.85. The molecule has 0 fully saturated rings. The van der Waals surface area contributed by atoms with Crippen LogP contribution in [0, 0.1) is 0 Å². The third-order valence-corrected chi connectivity index (χ3v) is 3.25. The van der Waals surface area contributed by atoms with Gasteiger partial charge in [0.1, 0.15) is 0 Å². The summed E-state index contributed by atoms with van der Waals surface area (Å²) in [5.74, 6) is 0.505. The second kappa shape index (κ2) is 6.55. The molecule has 1 N–H and O–H groups in total. The number of aliphatic hydroxyl groups is 1. The van der Waals surface area contributed by atoms with Crippen LogP contribution in [-0.2, 0) is 4.79 Å². The molecule has 0 saturated heterocycles. The second-order valence-corrected chi connectivity index (χ2v) is 4.86. The Bertz CT molecular complexity index is 327. The molecule has 1 atom stereocenters. The van der Waals surface area contributed by atoms with Crippen LogP contribution in [-0.4, -0.2) is 41.9 Å². The number of aliphatic hydroxyl groups excluding tert-OH is 1. The number of benzene rings is 1. The zero-order valence-corrected chi connectivity index (χ0v) is 10.4. The van der Waals surface area contributed by atoms with Gasteiger partial charge in [0, 0.05) is 24.7 Å². The lowest BCUT2D eigenvalue weighted by molar-refractivity contribution is -0.130. The Labute approximate surface area is 100 Å². The van der Waals surface area contributed by atoms with Crippen LogP contribution in [0.3, 0.4) is 0 Å². The lowest BCUT2D eigenvalue weighted by Gasteiger charge is -2.14. The fraction of sp³-hybridized carbons (Fsp3) is 0.417. The minimum Gasteiger partial charge on any atom is -0.392 e. The van der Waals surface area contributed by atoms with Gasteiger partial charge in [-0.25, -0.2) is 0 Å². The Morgan fingerprint density at radius 3 is 2.56 bits per heavy atom. The quantitative estimate of drug-likeness (QED) is 0.794. The molecule has 0 aliphatic rings. The standard InChI is InChI=1S/C12H17NO2S/c1-13(2)12(15)8-10(14)9-16-11-6-4-3-5-7-11/h3-7,10,14H,8-9H2,1-2H3/t10-/m1/s1. The van der Waals surface area contributed by atoms with E-state index >= 15 is 0 Å². The lowest BCUT2D eigenvalue weighted by Crippen LogP contribution is -2.27. The summed E-state index contributed by atoms with van der Waals surface area (Å²) in [6.45, 7) is 0. The van der Waals surface area contributed by atoms with Gasteiger partial charge >= 0.3 is 0 Å². The summed E-state index contributed by atoms with van der Waals surface area (Å²) < 4.78 is 0. The number of hydrogen-bond donors (Lipinski definition) is 1. The first-order valence-corrected chi connectivity index (χ1v) is 6.14. The lowest BCUT2D eigenvalue weighted by atomic mass is 10.2. The average Bonchev–Trinajstić information content (AvgIpc) is 2.27. The zero-order valence-electron chi connectivity index (χ0n) is 9.59. The average molecular weight is 239 g/mol. The number of rotatable bonds is 5. The number of amides is 1. The maximum Gasteiger partial charge on any atom is 0.224 e. The van der Waals surface area contributed by atoms with Gasteiger partial charge in [-0.3, -0.25) is 4.79 Å². The maximum absolute atomic E-state index is 11.3. The molecule has 0 radical (unpaired) electrons. The van der Waals surface area contributed by atoms with Crippen LogP contribution >= 0.6 is 11.8 Å². The maximum atomic E-state index is 11.3. The molecular weight excluding hydrogens is 222 g/mol. The summed E-state index contributed by atoms with van der Waals surface area (Å²) in [6.07, 6.45) is -0.396. The SMILES string of the molecule is CN(C)C(=O)C[C@@H](O)CSc1ccccc1. The van der Waals surface area contributed by atoms with E-state index in [2.05, 4.69) is 0 Å². The number of carbonyl (C=O) groups is 1. The summed E-state index contributed by atoms with van der Waals surface area (Å²) >= 11 is 1.56. The van der Waals surface area contributed by atoms with Crippen molar-refractivity contribution in [3.8, 4) is 0 Å². The van der Waals surface area contributed by atoms with Crippen LogP contribution in [0.25, 0.3) is 0 Å². The first kappa shape index (κ1) is 13.1. The molecule has 1 aromatic rings. The van der Waals surface area contributed by atoms with Crippen LogP contribution in [0.2, 0.25) is 0 Å². The molecule has 4 heteroatoms. The van der Waals surface area contributed by atoms with Gasteiger partial charge in [0.2, 0.25) is 5.91 Å². The van der Waals surface area contributed by atoms with E-state index < -0.39 is 6.10 Å². The van der Waals surface area contributed by atoms with Crippen molar-refractivity contribution in [1.29, 1.82) is 0 Å². The molecule has 3 nitrogen and oxygen atoms in total. The second-order valence-electron chi connectivity index (χ2n) is 3.77. The van der Waals surface area contributed by atoms with E-state index in [1.54, 1.807) is 25.9 Å². The molecule has 0 unspecified atom stereocenters. The first-order chi connectivity index (χ1) is 7.59. The van der Waals surface area contributed by atoms with E-state index in [0.717, 1.165) is 4.90 Å². The van der Waals surface area contributed by atoms with E-state index in [-0.39, 0.29) is 12.3 Å². The molecule has 0 aromatic heterocycles. The molecule has 88 valence electrons.